The number of aromatic nitrogens is 1. The highest BCUT2D eigenvalue weighted by Crippen LogP contribution is 2.27. The number of pyridine rings is 1. The number of hydrogen-bond acceptors (Lipinski definition) is 1. The second-order valence-corrected chi connectivity index (χ2v) is 5.62. The van der Waals surface area contributed by atoms with Gasteiger partial charge in [0.05, 0.1) is 5.52 Å². The second-order valence-electron chi connectivity index (χ2n) is 4.41. The normalized spacial score (nSPS) is 10.8. The Labute approximate surface area is 125 Å². The molecule has 0 saturated carbocycles. The number of fused-ring (bicyclic) bond motifs is 1. The largest absolute Gasteiger partial charge is 0.235 e. The maximum atomic E-state index is 6.29. The highest BCUT2D eigenvalue weighted by Gasteiger charge is 2.07. The average Bonchev–Trinajstić information content (AvgIpc) is 2.42. The molecule has 0 unspecified atom stereocenters. The molecule has 0 N–H and O–H groups in total. The van der Waals surface area contributed by atoms with E-state index in [1.54, 1.807) is 0 Å². The lowest BCUT2D eigenvalue weighted by Crippen LogP contribution is -1.93. The van der Waals surface area contributed by atoms with E-state index in [1.807, 2.05) is 30.3 Å². The number of nitrogens with zero attached hydrogens (tertiary/aromatic N) is 1. The minimum atomic E-state index is 0.572. The summed E-state index contributed by atoms with van der Waals surface area (Å²) in [5, 5.41) is 1.67. The van der Waals surface area contributed by atoms with Crippen molar-refractivity contribution in [2.75, 3.05) is 0 Å². The zero-order valence-electron chi connectivity index (χ0n) is 10.1. The van der Waals surface area contributed by atoms with E-state index in [1.165, 1.54) is 5.56 Å². The minimum absolute atomic E-state index is 0.572. The molecule has 0 saturated heterocycles. The number of hydrogen-bond donors (Lipinski definition) is 0. The number of para-hydroxylation sites is 1. The van der Waals surface area contributed by atoms with Crippen LogP contribution in [0.5, 0.6) is 0 Å². The van der Waals surface area contributed by atoms with Gasteiger partial charge in [-0.25, -0.2) is 4.98 Å². The number of benzene rings is 2. The van der Waals surface area contributed by atoms with Gasteiger partial charge in [0.15, 0.2) is 0 Å². The first-order chi connectivity index (χ1) is 9.24. The van der Waals surface area contributed by atoms with E-state index in [-0.39, 0.29) is 0 Å². The summed E-state index contributed by atoms with van der Waals surface area (Å²) in [7, 11) is 0. The molecule has 1 heterocycles. The van der Waals surface area contributed by atoms with Crippen LogP contribution in [0.25, 0.3) is 10.9 Å². The number of rotatable bonds is 2. The second kappa shape index (κ2) is 5.32. The molecule has 0 atom stereocenters. The molecule has 3 heteroatoms. The summed E-state index contributed by atoms with van der Waals surface area (Å²) in [6.07, 6.45) is 0.801. The molecule has 0 spiro atoms. The van der Waals surface area contributed by atoms with E-state index in [0.29, 0.717) is 5.15 Å². The van der Waals surface area contributed by atoms with E-state index in [4.69, 9.17) is 11.6 Å². The highest BCUT2D eigenvalue weighted by molar-refractivity contribution is 9.10. The van der Waals surface area contributed by atoms with Gasteiger partial charge in [0.1, 0.15) is 5.15 Å². The molecule has 94 valence electrons. The fourth-order valence-electron chi connectivity index (χ4n) is 2.12. The molecule has 0 aliphatic heterocycles. The Morgan fingerprint density at radius 1 is 1.00 bits per heavy atom. The first kappa shape index (κ1) is 12.6. The summed E-state index contributed by atoms with van der Waals surface area (Å²) in [6.45, 7) is 0. The molecule has 3 rings (SSSR count). The summed E-state index contributed by atoms with van der Waals surface area (Å²) in [6, 6.07) is 18.4. The van der Waals surface area contributed by atoms with Crippen molar-refractivity contribution in [3.8, 4) is 0 Å². The smallest absolute Gasteiger partial charge is 0.133 e. The van der Waals surface area contributed by atoms with Crippen LogP contribution >= 0.6 is 27.5 Å². The predicted octanol–water partition coefficient (Wildman–Crippen LogP) is 5.24. The summed E-state index contributed by atoms with van der Waals surface area (Å²) in [5.74, 6) is 0. The van der Waals surface area contributed by atoms with E-state index in [9.17, 15) is 0 Å². The van der Waals surface area contributed by atoms with Crippen LogP contribution in [0.15, 0.2) is 59.1 Å². The third-order valence-electron chi connectivity index (χ3n) is 3.06. The first-order valence-corrected chi connectivity index (χ1v) is 7.19. The van der Waals surface area contributed by atoms with Crippen LogP contribution in [0.1, 0.15) is 11.1 Å². The quantitative estimate of drug-likeness (QED) is 0.585. The van der Waals surface area contributed by atoms with Crippen molar-refractivity contribution in [1.29, 1.82) is 0 Å². The van der Waals surface area contributed by atoms with Gasteiger partial charge in [-0.1, -0.05) is 54.1 Å². The molecule has 0 amide bonds. The summed E-state index contributed by atoms with van der Waals surface area (Å²) in [4.78, 5) is 4.49. The lowest BCUT2D eigenvalue weighted by atomic mass is 10.0. The third-order valence-corrected chi connectivity index (χ3v) is 4.03. The van der Waals surface area contributed by atoms with E-state index in [2.05, 4.69) is 45.2 Å². The van der Waals surface area contributed by atoms with Gasteiger partial charge in [-0.15, -0.1) is 0 Å². The van der Waals surface area contributed by atoms with Crippen molar-refractivity contribution in [2.24, 2.45) is 0 Å². The fraction of sp³-hybridized carbons (Fsp3) is 0.0625. The Balaban J connectivity index is 2.07. The maximum absolute atomic E-state index is 6.29. The zero-order valence-corrected chi connectivity index (χ0v) is 12.4. The molecule has 0 bridgehead atoms. The van der Waals surface area contributed by atoms with Crippen LogP contribution in [-0.2, 0) is 6.42 Å². The van der Waals surface area contributed by atoms with Gasteiger partial charge >= 0.3 is 0 Å². The molecule has 19 heavy (non-hydrogen) atoms. The van der Waals surface area contributed by atoms with Crippen molar-refractivity contribution < 1.29 is 0 Å². The minimum Gasteiger partial charge on any atom is -0.235 e. The monoisotopic (exact) mass is 331 g/mol. The summed E-state index contributed by atoms with van der Waals surface area (Å²) < 4.78 is 0.971. The Kier molecular flexibility index (Phi) is 3.54. The van der Waals surface area contributed by atoms with Gasteiger partial charge in [0, 0.05) is 16.3 Å². The molecular weight excluding hydrogens is 322 g/mol. The van der Waals surface area contributed by atoms with Crippen LogP contribution < -0.4 is 0 Å². The summed E-state index contributed by atoms with van der Waals surface area (Å²) >= 11 is 9.79. The molecule has 0 fully saturated rings. The van der Waals surface area contributed by atoms with Crippen LogP contribution in [0.2, 0.25) is 5.15 Å². The van der Waals surface area contributed by atoms with Crippen molar-refractivity contribution in [1.82, 2.24) is 4.98 Å². The Morgan fingerprint density at radius 3 is 2.58 bits per heavy atom. The van der Waals surface area contributed by atoms with Crippen molar-refractivity contribution >= 4 is 38.4 Å². The molecule has 1 aromatic heterocycles. The van der Waals surface area contributed by atoms with E-state index in [0.717, 1.165) is 27.4 Å². The average molecular weight is 333 g/mol. The fourth-order valence-corrected chi connectivity index (χ4v) is 2.80. The van der Waals surface area contributed by atoms with Gasteiger partial charge in [0.2, 0.25) is 0 Å². The topological polar surface area (TPSA) is 12.9 Å². The Morgan fingerprint density at radius 2 is 1.79 bits per heavy atom. The molecule has 3 aromatic rings. The van der Waals surface area contributed by atoms with Crippen molar-refractivity contribution in [3.05, 3.63) is 75.4 Å². The van der Waals surface area contributed by atoms with Crippen molar-refractivity contribution in [2.45, 2.75) is 6.42 Å². The SMILES string of the molecule is Clc1nc2c(Br)cccc2cc1Cc1ccccc1. The molecular formula is C16H11BrClN. The van der Waals surface area contributed by atoms with Gasteiger partial charge in [-0.3, -0.25) is 0 Å². The number of halogens is 2. The van der Waals surface area contributed by atoms with E-state index < -0.39 is 0 Å². The molecule has 2 aromatic carbocycles. The molecule has 0 aliphatic carbocycles. The van der Waals surface area contributed by atoms with Crippen LogP contribution in [0, 0.1) is 0 Å². The standard InChI is InChI=1S/C16H11BrClN/c17-14-8-4-7-12-10-13(16(18)19-15(12)14)9-11-5-2-1-3-6-11/h1-8,10H,9H2. The molecule has 0 radical (unpaired) electrons. The van der Waals surface area contributed by atoms with Crippen molar-refractivity contribution in [3.63, 3.8) is 0 Å². The van der Waals surface area contributed by atoms with Crippen LogP contribution in [0.3, 0.4) is 0 Å². The lowest BCUT2D eigenvalue weighted by Gasteiger charge is -2.07. The zero-order chi connectivity index (χ0) is 13.2. The Hall–Kier alpha value is -1.38. The van der Waals surface area contributed by atoms with Gasteiger partial charge in [-0.05, 0) is 39.2 Å². The first-order valence-electron chi connectivity index (χ1n) is 6.01. The van der Waals surface area contributed by atoms with Crippen LogP contribution in [-0.4, -0.2) is 4.98 Å². The Bertz CT molecular complexity index is 725. The van der Waals surface area contributed by atoms with Crippen LogP contribution in [0.4, 0.5) is 0 Å². The van der Waals surface area contributed by atoms with E-state index >= 15 is 0 Å². The molecule has 1 nitrogen and oxygen atoms in total. The van der Waals surface area contributed by atoms with Gasteiger partial charge < -0.3 is 0 Å². The predicted molar refractivity (Wildman–Crippen MR) is 83.7 cm³/mol. The summed E-state index contributed by atoms with van der Waals surface area (Å²) in [5.41, 5.74) is 3.20. The van der Waals surface area contributed by atoms with Gasteiger partial charge in [-0.2, -0.15) is 0 Å². The highest BCUT2D eigenvalue weighted by atomic mass is 79.9. The lowest BCUT2D eigenvalue weighted by molar-refractivity contribution is 1.17. The molecule has 0 aliphatic rings. The van der Waals surface area contributed by atoms with Gasteiger partial charge in [0.25, 0.3) is 0 Å². The third kappa shape index (κ3) is 2.65. The maximum Gasteiger partial charge on any atom is 0.133 e.